The van der Waals surface area contributed by atoms with Crippen LogP contribution in [-0.2, 0) is 24.4 Å². The van der Waals surface area contributed by atoms with Crippen LogP contribution < -0.4 is 0 Å². The number of aliphatic hydroxyl groups is 1. The molecule has 0 unspecified atom stereocenters. The Labute approximate surface area is 141 Å². The highest BCUT2D eigenvalue weighted by Gasteiger charge is 2.37. The number of rotatable bonds is 7. The minimum Gasteiger partial charge on any atom is -0.396 e. The van der Waals surface area contributed by atoms with Crippen molar-refractivity contribution in [2.45, 2.75) is 39.5 Å². The summed E-state index contributed by atoms with van der Waals surface area (Å²) in [6, 6.07) is 0. The van der Waals surface area contributed by atoms with E-state index in [0.717, 1.165) is 26.2 Å². The molecule has 0 bridgehead atoms. The molecule has 8 heteroatoms. The maximum absolute atomic E-state index is 9.73. The van der Waals surface area contributed by atoms with Crippen molar-refractivity contribution >= 4 is 0 Å². The summed E-state index contributed by atoms with van der Waals surface area (Å²) in [4.78, 5) is 6.71. The van der Waals surface area contributed by atoms with Gasteiger partial charge < -0.3 is 14.4 Å². The van der Waals surface area contributed by atoms with Gasteiger partial charge in [-0.2, -0.15) is 10.1 Å². The molecule has 24 heavy (non-hydrogen) atoms. The normalized spacial score (nSPS) is 21.7. The predicted molar refractivity (Wildman–Crippen MR) is 86.2 cm³/mol. The monoisotopic (exact) mass is 335 g/mol. The van der Waals surface area contributed by atoms with E-state index in [0.29, 0.717) is 18.3 Å². The quantitative estimate of drug-likeness (QED) is 0.805. The molecular weight excluding hydrogens is 310 g/mol. The number of aliphatic hydroxyl groups excluding tert-OH is 1. The molecule has 1 fully saturated rings. The Morgan fingerprint density at radius 3 is 2.92 bits per heavy atom. The maximum atomic E-state index is 9.73. The smallest absolute Gasteiger partial charge is 0.231 e. The topological polar surface area (TPSA) is 89.4 Å². The van der Waals surface area contributed by atoms with Crippen LogP contribution in [0.4, 0.5) is 0 Å². The van der Waals surface area contributed by atoms with Gasteiger partial charge in [0.2, 0.25) is 5.89 Å². The van der Waals surface area contributed by atoms with Crippen molar-refractivity contribution in [1.82, 2.24) is 24.8 Å². The van der Waals surface area contributed by atoms with Crippen molar-refractivity contribution in [2.75, 3.05) is 26.8 Å². The maximum Gasteiger partial charge on any atom is 0.231 e. The van der Waals surface area contributed by atoms with E-state index in [2.05, 4.69) is 34.0 Å². The lowest BCUT2D eigenvalue weighted by atomic mass is 9.97. The second-order valence-electron chi connectivity index (χ2n) is 6.30. The van der Waals surface area contributed by atoms with Crippen molar-refractivity contribution < 1.29 is 14.4 Å². The molecule has 0 aromatic carbocycles. The number of methoxy groups -OCH3 is 1. The highest BCUT2D eigenvalue weighted by molar-refractivity contribution is 5.17. The number of nitrogens with zero attached hydrogens (tertiary/aromatic N) is 5. The molecule has 3 heterocycles. The molecule has 2 aromatic heterocycles. The number of aryl methyl sites for hydroxylation is 1. The van der Waals surface area contributed by atoms with Gasteiger partial charge in [0, 0.05) is 57.1 Å². The first-order valence-corrected chi connectivity index (χ1v) is 8.32. The predicted octanol–water partition coefficient (Wildman–Crippen LogP) is 0.949. The van der Waals surface area contributed by atoms with Gasteiger partial charge in [0.05, 0.1) is 12.1 Å². The second-order valence-corrected chi connectivity index (χ2v) is 6.30. The minimum atomic E-state index is 0.0506. The molecule has 0 radical (unpaired) electrons. The third-order valence-electron chi connectivity index (χ3n) is 4.72. The zero-order valence-electron chi connectivity index (χ0n) is 14.5. The summed E-state index contributed by atoms with van der Waals surface area (Å²) in [5, 5.41) is 18.1. The Balaban J connectivity index is 1.70. The van der Waals surface area contributed by atoms with Crippen molar-refractivity contribution in [3.8, 4) is 0 Å². The highest BCUT2D eigenvalue weighted by atomic mass is 16.5. The Morgan fingerprint density at radius 2 is 2.25 bits per heavy atom. The lowest BCUT2D eigenvalue weighted by molar-refractivity contribution is 0.174. The van der Waals surface area contributed by atoms with Gasteiger partial charge in [0.25, 0.3) is 0 Å². The molecule has 0 amide bonds. The number of aromatic nitrogens is 4. The Kier molecular flexibility index (Phi) is 5.27. The van der Waals surface area contributed by atoms with Gasteiger partial charge >= 0.3 is 0 Å². The van der Waals surface area contributed by atoms with Crippen molar-refractivity contribution in [1.29, 1.82) is 0 Å². The van der Waals surface area contributed by atoms with E-state index in [1.54, 1.807) is 7.11 Å². The van der Waals surface area contributed by atoms with Crippen LogP contribution in [0.25, 0.3) is 0 Å². The van der Waals surface area contributed by atoms with Gasteiger partial charge in [0.15, 0.2) is 5.82 Å². The molecule has 1 N–H and O–H groups in total. The van der Waals surface area contributed by atoms with E-state index in [9.17, 15) is 5.11 Å². The fourth-order valence-electron chi connectivity index (χ4n) is 3.36. The van der Waals surface area contributed by atoms with E-state index in [1.807, 2.05) is 10.9 Å². The van der Waals surface area contributed by atoms with Crippen LogP contribution in [0.2, 0.25) is 0 Å². The molecule has 3 rings (SSSR count). The Bertz CT molecular complexity index is 668. The first kappa shape index (κ1) is 17.1. The first-order valence-electron chi connectivity index (χ1n) is 8.32. The van der Waals surface area contributed by atoms with E-state index in [1.165, 1.54) is 11.3 Å². The lowest BCUT2D eigenvalue weighted by Crippen LogP contribution is -2.21. The number of ether oxygens (including phenoxy) is 1. The van der Waals surface area contributed by atoms with Gasteiger partial charge in [-0.1, -0.05) is 5.16 Å². The van der Waals surface area contributed by atoms with E-state index < -0.39 is 0 Å². The van der Waals surface area contributed by atoms with E-state index in [4.69, 9.17) is 9.26 Å². The van der Waals surface area contributed by atoms with E-state index in [-0.39, 0.29) is 18.4 Å². The molecule has 1 aliphatic heterocycles. The molecule has 132 valence electrons. The van der Waals surface area contributed by atoms with Gasteiger partial charge in [-0.25, -0.2) is 0 Å². The van der Waals surface area contributed by atoms with Crippen LogP contribution >= 0.6 is 0 Å². The Hall–Kier alpha value is -1.77. The summed E-state index contributed by atoms with van der Waals surface area (Å²) < 4.78 is 12.4. The van der Waals surface area contributed by atoms with Gasteiger partial charge in [-0.05, 0) is 13.8 Å². The Morgan fingerprint density at radius 1 is 1.42 bits per heavy atom. The molecule has 1 saturated heterocycles. The largest absolute Gasteiger partial charge is 0.396 e. The summed E-state index contributed by atoms with van der Waals surface area (Å²) in [5.41, 5.74) is 2.42. The summed E-state index contributed by atoms with van der Waals surface area (Å²) in [7, 11) is 1.60. The number of hydrogen-bond donors (Lipinski definition) is 1. The summed E-state index contributed by atoms with van der Waals surface area (Å²) in [6.45, 7) is 7.91. The van der Waals surface area contributed by atoms with Gasteiger partial charge in [-0.3, -0.25) is 9.58 Å². The van der Waals surface area contributed by atoms with Crippen molar-refractivity contribution in [2.24, 2.45) is 5.92 Å². The number of hydrogen-bond acceptors (Lipinski definition) is 7. The van der Waals surface area contributed by atoms with Crippen LogP contribution in [0.3, 0.4) is 0 Å². The average Bonchev–Trinajstić information content (AvgIpc) is 3.28. The SMILES string of the molecule is CCn1ncc(CN2C[C@@H](CO)[C@H](c3nc(COC)no3)C2)c1C. The molecule has 1 aliphatic rings. The third-order valence-corrected chi connectivity index (χ3v) is 4.72. The summed E-state index contributed by atoms with van der Waals surface area (Å²) in [6.07, 6.45) is 1.93. The fraction of sp³-hybridized carbons (Fsp3) is 0.688. The second kappa shape index (κ2) is 7.42. The zero-order valence-corrected chi connectivity index (χ0v) is 14.5. The molecule has 2 atom stereocenters. The fourth-order valence-corrected chi connectivity index (χ4v) is 3.36. The van der Waals surface area contributed by atoms with E-state index >= 15 is 0 Å². The minimum absolute atomic E-state index is 0.0506. The van der Waals surface area contributed by atoms with Crippen LogP contribution in [0, 0.1) is 12.8 Å². The lowest BCUT2D eigenvalue weighted by Gasteiger charge is -2.15. The van der Waals surface area contributed by atoms with Crippen molar-refractivity contribution in [3.63, 3.8) is 0 Å². The van der Waals surface area contributed by atoms with Crippen LogP contribution in [0.1, 0.15) is 35.8 Å². The molecule has 0 spiro atoms. The molecular formula is C16H25N5O3. The van der Waals surface area contributed by atoms with Gasteiger partial charge in [-0.15, -0.1) is 0 Å². The molecule has 8 nitrogen and oxygen atoms in total. The van der Waals surface area contributed by atoms with Crippen LogP contribution in [0.15, 0.2) is 10.7 Å². The third kappa shape index (κ3) is 3.35. The summed E-state index contributed by atoms with van der Waals surface area (Å²) in [5.74, 6) is 1.28. The summed E-state index contributed by atoms with van der Waals surface area (Å²) >= 11 is 0. The average molecular weight is 335 g/mol. The molecule has 0 aliphatic carbocycles. The van der Waals surface area contributed by atoms with Gasteiger partial charge in [0.1, 0.15) is 6.61 Å². The molecule has 2 aromatic rings. The van der Waals surface area contributed by atoms with Crippen LogP contribution in [0.5, 0.6) is 0 Å². The standard InChI is InChI=1S/C16H25N5O3/c1-4-21-11(2)12(5-17-21)6-20-7-13(9-22)14(8-20)16-18-15(10-23-3)19-24-16/h5,13-14,22H,4,6-10H2,1-3H3/t13-,14+/m0/s1. The molecule has 0 saturated carbocycles. The first-order chi connectivity index (χ1) is 11.7. The number of likely N-dealkylation sites (tertiary alicyclic amines) is 1. The zero-order chi connectivity index (χ0) is 17.1. The van der Waals surface area contributed by atoms with Crippen LogP contribution in [-0.4, -0.2) is 56.7 Å². The van der Waals surface area contributed by atoms with Crippen molar-refractivity contribution in [3.05, 3.63) is 29.2 Å². The highest BCUT2D eigenvalue weighted by Crippen LogP contribution is 2.32.